The Morgan fingerprint density at radius 1 is 1.00 bits per heavy atom. The van der Waals surface area contributed by atoms with Gasteiger partial charge >= 0.3 is 0 Å². The average molecular weight is 465 g/mol. The summed E-state index contributed by atoms with van der Waals surface area (Å²) in [6.07, 6.45) is 17.5. The maximum absolute atomic E-state index is 11.8. The average Bonchev–Trinajstić information content (AvgIpc) is 3.64. The predicted octanol–water partition coefficient (Wildman–Crippen LogP) is 5.88. The lowest BCUT2D eigenvalue weighted by Gasteiger charge is -2.50. The van der Waals surface area contributed by atoms with Crippen molar-refractivity contribution in [2.24, 2.45) is 11.8 Å². The zero-order valence-corrected chi connectivity index (χ0v) is 20.1. The van der Waals surface area contributed by atoms with Gasteiger partial charge in [0.2, 0.25) is 0 Å². The van der Waals surface area contributed by atoms with Crippen LogP contribution in [-0.2, 0) is 17.4 Å². The van der Waals surface area contributed by atoms with Crippen LogP contribution in [0.25, 0.3) is 16.6 Å². The fourth-order valence-electron chi connectivity index (χ4n) is 7.18. The van der Waals surface area contributed by atoms with Crippen LogP contribution >= 0.6 is 0 Å². The van der Waals surface area contributed by atoms with Gasteiger partial charge in [0.05, 0.1) is 23.1 Å². The van der Waals surface area contributed by atoms with E-state index in [0.29, 0.717) is 5.92 Å². The Balaban J connectivity index is 1.34. The number of aromatic nitrogens is 4. The molecule has 1 N–H and O–H groups in total. The van der Waals surface area contributed by atoms with Gasteiger partial charge in [-0.1, -0.05) is 18.9 Å². The van der Waals surface area contributed by atoms with E-state index >= 15 is 0 Å². The van der Waals surface area contributed by atoms with Crippen molar-refractivity contribution in [3.8, 4) is 5.69 Å². The Kier molecular flexibility index (Phi) is 4.85. The first-order valence-electron chi connectivity index (χ1n) is 13.2. The number of aryl methyl sites for hydroxylation is 1. The van der Waals surface area contributed by atoms with E-state index in [2.05, 4.69) is 22.1 Å². The standard InChI is InChI=1S/C30H32N4O/c35-30(28-6-1-2-13-32-28)12-11-29(18-21-7-8-21)24(19-30)5-3-4-22-17-27-23(16-26(22)29)20-33-34(27)25-9-14-31-15-10-25/h1-2,6,9-10,13-17,20-21,24,35H,3-5,7-8,11-12,18-19H2/t24-,29-,30-/m0/s1. The molecule has 5 heteroatoms. The van der Waals surface area contributed by atoms with Gasteiger partial charge in [-0.3, -0.25) is 9.97 Å². The fourth-order valence-corrected chi connectivity index (χ4v) is 7.18. The second-order valence-corrected chi connectivity index (χ2v) is 11.2. The molecule has 1 aromatic carbocycles. The minimum absolute atomic E-state index is 0.140. The maximum atomic E-state index is 11.8. The zero-order valence-electron chi connectivity index (χ0n) is 20.1. The van der Waals surface area contributed by atoms with E-state index in [9.17, 15) is 5.11 Å². The van der Waals surface area contributed by atoms with Gasteiger partial charge in [-0.25, -0.2) is 4.68 Å². The number of aliphatic hydroxyl groups is 1. The van der Waals surface area contributed by atoms with Gasteiger partial charge < -0.3 is 5.11 Å². The third kappa shape index (κ3) is 3.51. The number of nitrogens with zero attached hydrogens (tertiary/aromatic N) is 4. The highest BCUT2D eigenvalue weighted by atomic mass is 16.3. The van der Waals surface area contributed by atoms with Crippen molar-refractivity contribution in [3.63, 3.8) is 0 Å². The van der Waals surface area contributed by atoms with E-state index in [-0.39, 0.29) is 5.41 Å². The molecule has 178 valence electrons. The van der Waals surface area contributed by atoms with Gasteiger partial charge in [-0.15, -0.1) is 0 Å². The van der Waals surface area contributed by atoms with Gasteiger partial charge in [-0.05, 0) is 110 Å². The molecule has 5 nitrogen and oxygen atoms in total. The molecule has 7 rings (SSSR count). The van der Waals surface area contributed by atoms with E-state index in [1.165, 1.54) is 47.7 Å². The number of rotatable bonds is 4. The summed E-state index contributed by atoms with van der Waals surface area (Å²) in [5.74, 6) is 1.30. The Morgan fingerprint density at radius 2 is 1.89 bits per heavy atom. The quantitative estimate of drug-likeness (QED) is 0.410. The van der Waals surface area contributed by atoms with Gasteiger partial charge in [-0.2, -0.15) is 5.10 Å². The van der Waals surface area contributed by atoms with Crippen LogP contribution in [0.3, 0.4) is 0 Å². The zero-order chi connectivity index (χ0) is 23.5. The number of hydrogen-bond donors (Lipinski definition) is 1. The molecule has 0 amide bonds. The van der Waals surface area contributed by atoms with E-state index in [4.69, 9.17) is 5.10 Å². The molecule has 4 aromatic rings. The summed E-state index contributed by atoms with van der Waals surface area (Å²) < 4.78 is 2.05. The van der Waals surface area contributed by atoms with Crippen molar-refractivity contribution < 1.29 is 5.11 Å². The molecule has 0 radical (unpaired) electrons. The Morgan fingerprint density at radius 3 is 2.69 bits per heavy atom. The lowest BCUT2D eigenvalue weighted by molar-refractivity contribution is -0.0584. The molecule has 3 aliphatic rings. The third-order valence-corrected chi connectivity index (χ3v) is 9.08. The normalized spacial score (nSPS) is 28.3. The second-order valence-electron chi connectivity index (χ2n) is 11.2. The topological polar surface area (TPSA) is 63.8 Å². The Labute approximate surface area is 206 Å². The molecule has 3 aliphatic carbocycles. The van der Waals surface area contributed by atoms with Crippen molar-refractivity contribution in [1.82, 2.24) is 19.7 Å². The van der Waals surface area contributed by atoms with Crippen LogP contribution < -0.4 is 0 Å². The molecule has 3 aromatic heterocycles. The summed E-state index contributed by atoms with van der Waals surface area (Å²) in [6.45, 7) is 0. The van der Waals surface area contributed by atoms with Crippen LogP contribution in [0.1, 0.15) is 68.2 Å². The minimum atomic E-state index is -0.820. The Bertz CT molecular complexity index is 1360. The number of hydrogen-bond acceptors (Lipinski definition) is 4. The van der Waals surface area contributed by atoms with Gasteiger partial charge in [0, 0.05) is 24.0 Å². The molecule has 3 atom stereocenters. The third-order valence-electron chi connectivity index (χ3n) is 9.08. The largest absolute Gasteiger partial charge is 0.384 e. The first-order valence-corrected chi connectivity index (χ1v) is 13.2. The molecule has 0 bridgehead atoms. The number of pyridine rings is 2. The monoisotopic (exact) mass is 464 g/mol. The summed E-state index contributed by atoms with van der Waals surface area (Å²) in [7, 11) is 0. The van der Waals surface area contributed by atoms with E-state index in [1.807, 2.05) is 59.8 Å². The highest BCUT2D eigenvalue weighted by Gasteiger charge is 2.53. The van der Waals surface area contributed by atoms with Crippen LogP contribution in [0.15, 0.2) is 67.3 Å². The van der Waals surface area contributed by atoms with Crippen LogP contribution in [0.4, 0.5) is 0 Å². The van der Waals surface area contributed by atoms with Crippen LogP contribution in [-0.4, -0.2) is 24.9 Å². The van der Waals surface area contributed by atoms with Crippen molar-refractivity contribution in [2.75, 3.05) is 0 Å². The highest BCUT2D eigenvalue weighted by Crippen LogP contribution is 2.59. The summed E-state index contributed by atoms with van der Waals surface area (Å²) in [5, 5.41) is 17.8. The maximum Gasteiger partial charge on any atom is 0.107 e. The van der Waals surface area contributed by atoms with Crippen molar-refractivity contribution in [2.45, 2.75) is 68.8 Å². The van der Waals surface area contributed by atoms with Crippen molar-refractivity contribution in [3.05, 3.63) is 84.1 Å². The number of benzene rings is 1. The summed E-state index contributed by atoms with van der Waals surface area (Å²) in [6, 6.07) is 14.9. The summed E-state index contributed by atoms with van der Waals surface area (Å²) >= 11 is 0. The van der Waals surface area contributed by atoms with Crippen LogP contribution in [0.5, 0.6) is 0 Å². The number of fused-ring (bicyclic) bond motifs is 4. The van der Waals surface area contributed by atoms with E-state index in [1.54, 1.807) is 0 Å². The molecule has 3 heterocycles. The van der Waals surface area contributed by atoms with Crippen LogP contribution in [0, 0.1) is 11.8 Å². The van der Waals surface area contributed by atoms with Gasteiger partial charge in [0.25, 0.3) is 0 Å². The predicted molar refractivity (Wildman–Crippen MR) is 136 cm³/mol. The van der Waals surface area contributed by atoms with E-state index in [0.717, 1.165) is 49.4 Å². The molecule has 2 saturated carbocycles. The molecular weight excluding hydrogens is 432 g/mol. The van der Waals surface area contributed by atoms with Gasteiger partial charge in [0.15, 0.2) is 0 Å². The summed E-state index contributed by atoms with van der Waals surface area (Å²) in [4.78, 5) is 8.76. The molecule has 0 spiro atoms. The molecule has 0 aliphatic heterocycles. The first-order chi connectivity index (χ1) is 17.1. The van der Waals surface area contributed by atoms with Crippen molar-refractivity contribution >= 4 is 10.9 Å². The first kappa shape index (κ1) is 21.3. The lowest BCUT2D eigenvalue weighted by Crippen LogP contribution is -2.47. The molecule has 0 unspecified atom stereocenters. The second kappa shape index (κ2) is 7.99. The van der Waals surface area contributed by atoms with Crippen LogP contribution in [0.2, 0.25) is 0 Å². The molecule has 35 heavy (non-hydrogen) atoms. The van der Waals surface area contributed by atoms with Gasteiger partial charge in [0.1, 0.15) is 5.60 Å². The molecule has 2 fully saturated rings. The van der Waals surface area contributed by atoms with E-state index < -0.39 is 5.60 Å². The fraction of sp³-hybridized carbons (Fsp3) is 0.433. The molecular formula is C30H32N4O. The smallest absolute Gasteiger partial charge is 0.107 e. The highest BCUT2D eigenvalue weighted by molar-refractivity contribution is 5.82. The SMILES string of the molecule is O[C@@]1(c2ccccn2)CC[C@@]2(CC3CC3)c3cc4cnn(-c5ccncc5)c4cc3CCC[C@H]2C1. The Hall–Kier alpha value is -3.05. The lowest BCUT2D eigenvalue weighted by atomic mass is 9.55. The van der Waals surface area contributed by atoms with Crippen molar-refractivity contribution in [1.29, 1.82) is 0 Å². The summed E-state index contributed by atoms with van der Waals surface area (Å²) in [5.41, 5.74) is 5.42. The molecule has 0 saturated heterocycles. The minimum Gasteiger partial charge on any atom is -0.384 e.